The third kappa shape index (κ3) is 3.93. The number of benzene rings is 5. The zero-order chi connectivity index (χ0) is 22.7. The van der Waals surface area contributed by atoms with Crippen LogP contribution < -0.4 is 4.90 Å². The van der Waals surface area contributed by atoms with Crippen molar-refractivity contribution in [2.45, 2.75) is 9.79 Å². The van der Waals surface area contributed by atoms with Crippen molar-refractivity contribution in [3.63, 3.8) is 0 Å². The first-order valence-corrected chi connectivity index (χ1v) is 12.3. The van der Waals surface area contributed by atoms with Crippen LogP contribution in [0.1, 0.15) is 16.7 Å². The molecule has 1 aliphatic heterocycles. The van der Waals surface area contributed by atoms with Gasteiger partial charge in [-0.15, -0.1) is 0 Å². The minimum Gasteiger partial charge on any atom is -0.311 e. The highest BCUT2D eigenvalue weighted by molar-refractivity contribution is 7.99. The Balaban J connectivity index is 1.42. The topological polar surface area (TPSA) is 3.24 Å². The summed E-state index contributed by atoms with van der Waals surface area (Å²) in [7, 11) is 0. The van der Waals surface area contributed by atoms with Gasteiger partial charge in [-0.3, -0.25) is 0 Å². The van der Waals surface area contributed by atoms with Crippen molar-refractivity contribution in [1.82, 2.24) is 0 Å². The first-order chi connectivity index (χ1) is 16.9. The van der Waals surface area contributed by atoms with Crippen LogP contribution in [0.25, 0.3) is 11.6 Å². The van der Waals surface area contributed by atoms with E-state index in [1.807, 2.05) is 11.8 Å². The Morgan fingerprint density at radius 3 is 1.41 bits per heavy atom. The summed E-state index contributed by atoms with van der Waals surface area (Å²) >= 11 is 1.85. The second-order valence-electron chi connectivity index (χ2n) is 8.25. The Labute approximate surface area is 205 Å². The van der Waals surface area contributed by atoms with Crippen LogP contribution in [0.4, 0.5) is 17.1 Å². The van der Waals surface area contributed by atoms with Gasteiger partial charge in [-0.2, -0.15) is 0 Å². The molecule has 0 fully saturated rings. The fourth-order valence-electron chi connectivity index (χ4n) is 4.46. The van der Waals surface area contributed by atoms with Crippen LogP contribution >= 0.6 is 11.8 Å². The molecule has 0 aromatic heterocycles. The first-order valence-electron chi connectivity index (χ1n) is 11.5. The molecule has 0 unspecified atom stereocenters. The lowest BCUT2D eigenvalue weighted by atomic mass is 9.95. The number of hydrogen-bond acceptors (Lipinski definition) is 2. The van der Waals surface area contributed by atoms with Crippen molar-refractivity contribution in [2.24, 2.45) is 0 Å². The van der Waals surface area contributed by atoms with Gasteiger partial charge in [-0.05, 0) is 76.9 Å². The maximum absolute atomic E-state index is 2.32. The lowest BCUT2D eigenvalue weighted by molar-refractivity contribution is 1.28. The molecule has 5 aromatic rings. The maximum atomic E-state index is 2.32. The van der Waals surface area contributed by atoms with Gasteiger partial charge in [-0.1, -0.05) is 96.7 Å². The number of hydrogen-bond donors (Lipinski definition) is 0. The van der Waals surface area contributed by atoms with Gasteiger partial charge in [0.15, 0.2) is 0 Å². The van der Waals surface area contributed by atoms with E-state index in [4.69, 9.17) is 0 Å². The van der Waals surface area contributed by atoms with Crippen LogP contribution in [-0.4, -0.2) is 0 Å². The number of anilines is 3. The Hall–Kier alpha value is -4.01. The predicted octanol–water partition coefficient (Wildman–Crippen LogP) is 9.21. The average Bonchev–Trinajstić information content (AvgIpc) is 2.91. The summed E-state index contributed by atoms with van der Waals surface area (Å²) in [6, 6.07) is 47.3. The highest BCUT2D eigenvalue weighted by Crippen LogP contribution is 2.46. The monoisotopic (exact) mass is 453 g/mol. The molecule has 0 bridgehead atoms. The standard InChI is InChI=1S/C32H23NS/c1-3-11-25(12-4-1)33(26-13-5-2-6-14-26)27-21-19-24(20-22-27)23-30-28-15-7-9-17-31(28)34-32-18-10-8-16-29(30)32/h1-23H. The smallest absolute Gasteiger partial charge is 0.0462 e. The average molecular weight is 454 g/mol. The van der Waals surface area contributed by atoms with Crippen molar-refractivity contribution < 1.29 is 0 Å². The molecule has 0 saturated heterocycles. The van der Waals surface area contributed by atoms with Gasteiger partial charge in [-0.25, -0.2) is 0 Å². The Morgan fingerprint density at radius 1 is 0.441 bits per heavy atom. The van der Waals surface area contributed by atoms with Gasteiger partial charge in [0.05, 0.1) is 0 Å². The molecule has 1 nitrogen and oxygen atoms in total. The summed E-state index contributed by atoms with van der Waals surface area (Å²) in [6.45, 7) is 0. The molecule has 0 radical (unpaired) electrons. The molecule has 0 aliphatic carbocycles. The van der Waals surface area contributed by atoms with E-state index in [-0.39, 0.29) is 0 Å². The summed E-state index contributed by atoms with van der Waals surface area (Å²) in [5, 5.41) is 0. The number of rotatable bonds is 4. The maximum Gasteiger partial charge on any atom is 0.0462 e. The number of nitrogens with zero attached hydrogens (tertiary/aromatic N) is 1. The van der Waals surface area contributed by atoms with Crippen molar-refractivity contribution in [3.05, 3.63) is 150 Å². The third-order valence-electron chi connectivity index (χ3n) is 6.07. The lowest BCUT2D eigenvalue weighted by Crippen LogP contribution is -2.09. The van der Waals surface area contributed by atoms with E-state index in [2.05, 4.69) is 144 Å². The fraction of sp³-hybridized carbons (Fsp3) is 0. The van der Waals surface area contributed by atoms with E-state index in [0.717, 1.165) is 17.1 Å². The summed E-state index contributed by atoms with van der Waals surface area (Å²) in [5.41, 5.74) is 8.49. The highest BCUT2D eigenvalue weighted by Gasteiger charge is 2.20. The summed E-state index contributed by atoms with van der Waals surface area (Å²) in [4.78, 5) is 4.91. The van der Waals surface area contributed by atoms with Crippen LogP contribution in [0.3, 0.4) is 0 Å². The van der Waals surface area contributed by atoms with E-state index in [0.29, 0.717) is 0 Å². The second-order valence-corrected chi connectivity index (χ2v) is 9.33. The van der Waals surface area contributed by atoms with Crippen LogP contribution in [0.15, 0.2) is 143 Å². The Kier molecular flexibility index (Phi) is 5.50. The SMILES string of the molecule is C(=C1c2ccccc2Sc2ccccc21)c1ccc(N(c2ccccc2)c2ccccc2)cc1. The zero-order valence-electron chi connectivity index (χ0n) is 18.6. The molecule has 1 aliphatic rings. The van der Waals surface area contributed by atoms with E-state index < -0.39 is 0 Å². The van der Waals surface area contributed by atoms with Crippen LogP contribution in [0.5, 0.6) is 0 Å². The molecule has 0 N–H and O–H groups in total. The van der Waals surface area contributed by atoms with Gasteiger partial charge in [0.1, 0.15) is 0 Å². The molecule has 0 amide bonds. The molecule has 0 spiro atoms. The summed E-state index contributed by atoms with van der Waals surface area (Å²) < 4.78 is 0. The van der Waals surface area contributed by atoms with Crippen molar-refractivity contribution in [3.8, 4) is 0 Å². The molecule has 6 rings (SSSR count). The molecule has 162 valence electrons. The second kappa shape index (κ2) is 9.09. The molecule has 0 saturated carbocycles. The molecule has 0 atom stereocenters. The summed E-state index contributed by atoms with van der Waals surface area (Å²) in [5.74, 6) is 0. The van der Waals surface area contributed by atoms with E-state index in [1.54, 1.807) is 0 Å². The zero-order valence-corrected chi connectivity index (χ0v) is 19.5. The number of fused-ring (bicyclic) bond motifs is 2. The summed E-state index contributed by atoms with van der Waals surface area (Å²) in [6.07, 6.45) is 2.32. The van der Waals surface area contributed by atoms with Gasteiger partial charge >= 0.3 is 0 Å². The van der Waals surface area contributed by atoms with E-state index in [9.17, 15) is 0 Å². The largest absolute Gasteiger partial charge is 0.311 e. The van der Waals surface area contributed by atoms with Gasteiger partial charge in [0.2, 0.25) is 0 Å². The molecule has 5 aromatic carbocycles. The predicted molar refractivity (Wildman–Crippen MR) is 145 cm³/mol. The quantitative estimate of drug-likeness (QED) is 0.262. The van der Waals surface area contributed by atoms with Crippen molar-refractivity contribution in [2.75, 3.05) is 4.90 Å². The normalized spacial score (nSPS) is 11.9. The van der Waals surface area contributed by atoms with E-state index >= 15 is 0 Å². The third-order valence-corrected chi connectivity index (χ3v) is 7.22. The van der Waals surface area contributed by atoms with Crippen LogP contribution in [-0.2, 0) is 0 Å². The highest BCUT2D eigenvalue weighted by atomic mass is 32.2. The Bertz CT molecular complexity index is 1370. The van der Waals surface area contributed by atoms with Gasteiger partial charge in [0, 0.05) is 26.9 Å². The number of para-hydroxylation sites is 2. The van der Waals surface area contributed by atoms with E-state index in [1.165, 1.54) is 32.1 Å². The van der Waals surface area contributed by atoms with Crippen LogP contribution in [0, 0.1) is 0 Å². The molecule has 34 heavy (non-hydrogen) atoms. The van der Waals surface area contributed by atoms with Crippen molar-refractivity contribution in [1.29, 1.82) is 0 Å². The van der Waals surface area contributed by atoms with Crippen LogP contribution in [0.2, 0.25) is 0 Å². The Morgan fingerprint density at radius 2 is 0.882 bits per heavy atom. The minimum atomic E-state index is 1.14. The fourth-order valence-corrected chi connectivity index (χ4v) is 5.57. The first kappa shape index (κ1) is 20.6. The van der Waals surface area contributed by atoms with Gasteiger partial charge < -0.3 is 4.90 Å². The minimum absolute atomic E-state index is 1.14. The lowest BCUT2D eigenvalue weighted by Gasteiger charge is -2.25. The van der Waals surface area contributed by atoms with Crippen molar-refractivity contribution >= 4 is 40.5 Å². The van der Waals surface area contributed by atoms with Gasteiger partial charge in [0.25, 0.3) is 0 Å². The molecular weight excluding hydrogens is 430 g/mol. The molecular formula is C32H23NS. The molecule has 1 heterocycles. The molecule has 2 heteroatoms.